The van der Waals surface area contributed by atoms with Crippen molar-refractivity contribution >= 4 is 17.5 Å². The number of carbonyl (C=O) groups excluding carboxylic acids is 1. The Morgan fingerprint density at radius 2 is 2.17 bits per heavy atom. The summed E-state index contributed by atoms with van der Waals surface area (Å²) < 4.78 is 4.95. The Bertz CT molecular complexity index is 421. The third kappa shape index (κ3) is 3.96. The molecule has 0 aliphatic carbocycles. The van der Waals surface area contributed by atoms with Crippen LogP contribution in [0, 0.1) is 0 Å². The number of methoxy groups -OCH3 is 1. The van der Waals surface area contributed by atoms with E-state index >= 15 is 0 Å². The van der Waals surface area contributed by atoms with Crippen LogP contribution in [0.2, 0.25) is 5.15 Å². The van der Waals surface area contributed by atoms with Gasteiger partial charge in [-0.05, 0) is 18.1 Å². The van der Waals surface area contributed by atoms with Crippen molar-refractivity contribution in [2.24, 2.45) is 0 Å². The van der Waals surface area contributed by atoms with Gasteiger partial charge in [-0.2, -0.15) is 0 Å². The standard InChI is InChI=1S/C13H19ClN2O2/c1-9(2)11-7-10(8-12(14)15-11)13(17)16(3)5-6-18-4/h7-9H,5-6H2,1-4H3. The van der Waals surface area contributed by atoms with Gasteiger partial charge in [-0.1, -0.05) is 25.4 Å². The number of likely N-dealkylation sites (N-methyl/N-ethyl adjacent to an activating group) is 1. The van der Waals surface area contributed by atoms with Crippen LogP contribution in [0.5, 0.6) is 0 Å². The molecule has 1 rings (SSSR count). The highest BCUT2D eigenvalue weighted by Crippen LogP contribution is 2.18. The first-order valence-corrected chi connectivity index (χ1v) is 6.25. The van der Waals surface area contributed by atoms with Gasteiger partial charge >= 0.3 is 0 Å². The summed E-state index contributed by atoms with van der Waals surface area (Å²) in [5.74, 6) is 0.165. The van der Waals surface area contributed by atoms with Crippen molar-refractivity contribution in [1.29, 1.82) is 0 Å². The number of nitrogens with zero attached hydrogens (tertiary/aromatic N) is 2. The van der Waals surface area contributed by atoms with Gasteiger partial charge in [-0.3, -0.25) is 4.79 Å². The number of amides is 1. The molecule has 0 aliphatic rings. The van der Waals surface area contributed by atoms with Crippen LogP contribution in [0.3, 0.4) is 0 Å². The van der Waals surface area contributed by atoms with Gasteiger partial charge in [0.1, 0.15) is 5.15 Å². The van der Waals surface area contributed by atoms with Crippen LogP contribution in [-0.4, -0.2) is 43.1 Å². The molecule has 18 heavy (non-hydrogen) atoms. The van der Waals surface area contributed by atoms with Crippen molar-refractivity contribution in [3.05, 3.63) is 28.5 Å². The van der Waals surface area contributed by atoms with Crippen LogP contribution in [0.4, 0.5) is 0 Å². The smallest absolute Gasteiger partial charge is 0.253 e. The molecule has 0 radical (unpaired) electrons. The molecule has 100 valence electrons. The van der Waals surface area contributed by atoms with Gasteiger partial charge in [-0.25, -0.2) is 4.98 Å². The number of aromatic nitrogens is 1. The number of pyridine rings is 1. The van der Waals surface area contributed by atoms with Gasteiger partial charge in [0.2, 0.25) is 0 Å². The van der Waals surface area contributed by atoms with Crippen molar-refractivity contribution < 1.29 is 9.53 Å². The molecule has 0 fully saturated rings. The Morgan fingerprint density at radius 1 is 1.50 bits per heavy atom. The maximum atomic E-state index is 12.2. The highest BCUT2D eigenvalue weighted by atomic mass is 35.5. The third-order valence-electron chi connectivity index (χ3n) is 2.63. The maximum absolute atomic E-state index is 12.2. The monoisotopic (exact) mass is 270 g/mol. The fraction of sp³-hybridized carbons (Fsp3) is 0.538. The van der Waals surface area contributed by atoms with E-state index in [9.17, 15) is 4.79 Å². The van der Waals surface area contributed by atoms with Crippen molar-refractivity contribution in [1.82, 2.24) is 9.88 Å². The van der Waals surface area contributed by atoms with Crippen LogP contribution in [-0.2, 0) is 4.74 Å². The molecule has 0 aromatic carbocycles. The summed E-state index contributed by atoms with van der Waals surface area (Å²) in [6, 6.07) is 3.39. The molecule has 0 saturated carbocycles. The maximum Gasteiger partial charge on any atom is 0.253 e. The zero-order chi connectivity index (χ0) is 13.7. The Kier molecular flexibility index (Phi) is 5.56. The van der Waals surface area contributed by atoms with Gasteiger partial charge in [0, 0.05) is 32.0 Å². The number of ether oxygens (including phenoxy) is 1. The average molecular weight is 271 g/mol. The minimum Gasteiger partial charge on any atom is -0.383 e. The lowest BCUT2D eigenvalue weighted by Gasteiger charge is -2.17. The largest absolute Gasteiger partial charge is 0.383 e. The normalized spacial score (nSPS) is 10.8. The van der Waals surface area contributed by atoms with E-state index in [-0.39, 0.29) is 11.8 Å². The van der Waals surface area contributed by atoms with E-state index in [0.717, 1.165) is 5.69 Å². The molecular weight excluding hydrogens is 252 g/mol. The zero-order valence-corrected chi connectivity index (χ0v) is 12.0. The third-order valence-corrected chi connectivity index (χ3v) is 2.82. The number of halogens is 1. The minimum absolute atomic E-state index is 0.0711. The van der Waals surface area contributed by atoms with Crippen LogP contribution in [0.1, 0.15) is 35.8 Å². The van der Waals surface area contributed by atoms with Crippen LogP contribution < -0.4 is 0 Å². The lowest BCUT2D eigenvalue weighted by molar-refractivity contribution is 0.0744. The quantitative estimate of drug-likeness (QED) is 0.773. The van der Waals surface area contributed by atoms with E-state index < -0.39 is 0 Å². The molecular formula is C13H19ClN2O2. The van der Waals surface area contributed by atoms with Crippen molar-refractivity contribution in [3.8, 4) is 0 Å². The molecule has 0 atom stereocenters. The first-order valence-electron chi connectivity index (χ1n) is 5.87. The highest BCUT2D eigenvalue weighted by molar-refractivity contribution is 6.29. The fourth-order valence-electron chi connectivity index (χ4n) is 1.49. The first-order chi connectivity index (χ1) is 8.45. The summed E-state index contributed by atoms with van der Waals surface area (Å²) in [4.78, 5) is 18.0. The molecule has 0 aliphatic heterocycles. The van der Waals surface area contributed by atoms with Crippen LogP contribution in [0.15, 0.2) is 12.1 Å². The Balaban J connectivity index is 2.91. The van der Waals surface area contributed by atoms with Gasteiger partial charge in [0.05, 0.1) is 6.61 Å². The summed E-state index contributed by atoms with van der Waals surface area (Å²) in [5.41, 5.74) is 1.39. The number of carbonyl (C=O) groups is 1. The predicted molar refractivity (Wildman–Crippen MR) is 72.2 cm³/mol. The van der Waals surface area contributed by atoms with Gasteiger partial charge < -0.3 is 9.64 Å². The summed E-state index contributed by atoms with van der Waals surface area (Å²) >= 11 is 5.94. The SMILES string of the molecule is COCCN(C)C(=O)c1cc(Cl)nc(C(C)C)c1. The second-order valence-corrected chi connectivity index (χ2v) is 4.86. The molecule has 1 aromatic rings. The number of hydrogen-bond acceptors (Lipinski definition) is 3. The Morgan fingerprint density at radius 3 is 2.72 bits per heavy atom. The van der Waals surface area contributed by atoms with Crippen LogP contribution >= 0.6 is 11.6 Å². The second-order valence-electron chi connectivity index (χ2n) is 4.48. The number of rotatable bonds is 5. The minimum atomic E-state index is -0.0711. The molecule has 4 nitrogen and oxygen atoms in total. The van der Waals surface area contributed by atoms with E-state index in [1.807, 2.05) is 13.8 Å². The van der Waals surface area contributed by atoms with Gasteiger partial charge in [-0.15, -0.1) is 0 Å². The van der Waals surface area contributed by atoms with E-state index in [2.05, 4.69) is 4.98 Å². The highest BCUT2D eigenvalue weighted by Gasteiger charge is 2.14. The molecule has 1 aromatic heterocycles. The summed E-state index contributed by atoms with van der Waals surface area (Å²) in [7, 11) is 3.35. The van der Waals surface area contributed by atoms with Crippen molar-refractivity contribution in [3.63, 3.8) is 0 Å². The van der Waals surface area contributed by atoms with E-state index in [4.69, 9.17) is 16.3 Å². The molecule has 1 heterocycles. The van der Waals surface area contributed by atoms with Crippen LogP contribution in [0.25, 0.3) is 0 Å². The van der Waals surface area contributed by atoms with Crippen molar-refractivity contribution in [2.75, 3.05) is 27.3 Å². The van der Waals surface area contributed by atoms with E-state index in [1.54, 1.807) is 31.2 Å². The molecule has 1 amide bonds. The molecule has 0 N–H and O–H groups in total. The van der Waals surface area contributed by atoms with Crippen molar-refractivity contribution in [2.45, 2.75) is 19.8 Å². The number of hydrogen-bond donors (Lipinski definition) is 0. The first kappa shape index (κ1) is 14.9. The lowest BCUT2D eigenvalue weighted by Crippen LogP contribution is -2.30. The molecule has 0 unspecified atom stereocenters. The summed E-state index contributed by atoms with van der Waals surface area (Å²) in [6.07, 6.45) is 0. The summed E-state index contributed by atoms with van der Waals surface area (Å²) in [6.45, 7) is 5.09. The molecule has 5 heteroatoms. The molecule has 0 bridgehead atoms. The zero-order valence-electron chi connectivity index (χ0n) is 11.2. The fourth-order valence-corrected chi connectivity index (χ4v) is 1.70. The van der Waals surface area contributed by atoms with Gasteiger partial charge in [0.15, 0.2) is 0 Å². The molecule has 0 spiro atoms. The summed E-state index contributed by atoms with van der Waals surface area (Å²) in [5, 5.41) is 0.352. The Labute approximate surface area is 113 Å². The lowest BCUT2D eigenvalue weighted by atomic mass is 10.1. The van der Waals surface area contributed by atoms with E-state index in [1.165, 1.54) is 0 Å². The average Bonchev–Trinajstić information content (AvgIpc) is 2.34. The van der Waals surface area contributed by atoms with Gasteiger partial charge in [0.25, 0.3) is 5.91 Å². The Hall–Kier alpha value is -1.13. The van der Waals surface area contributed by atoms with E-state index in [0.29, 0.717) is 23.9 Å². The topological polar surface area (TPSA) is 42.4 Å². The molecule has 0 saturated heterocycles. The second kappa shape index (κ2) is 6.71. The predicted octanol–water partition coefficient (Wildman–Crippen LogP) is 2.58.